The molecule has 0 aliphatic carbocycles. The Morgan fingerprint density at radius 1 is 1.41 bits per heavy atom. The van der Waals surface area contributed by atoms with Gasteiger partial charge in [0.15, 0.2) is 11.5 Å². The van der Waals surface area contributed by atoms with Crippen molar-refractivity contribution in [2.75, 3.05) is 12.8 Å². The first-order valence-electron chi connectivity index (χ1n) is 4.89. The van der Waals surface area contributed by atoms with Gasteiger partial charge in [0.05, 0.1) is 13.3 Å². The van der Waals surface area contributed by atoms with Gasteiger partial charge in [-0.1, -0.05) is 15.9 Å². The molecule has 1 heterocycles. The molecule has 0 radical (unpaired) electrons. The standard InChI is InChI=1S/C11H12BrN3O2/c1-15-11(13)7(5-14-15)6-3-9(16)10(17-2)4-8(6)12/h3-5,16H,13H2,1-2H3. The Bertz CT molecular complexity index is 566. The second-order valence-corrected chi connectivity index (χ2v) is 4.43. The maximum Gasteiger partial charge on any atom is 0.161 e. The number of nitrogens with zero attached hydrogens (tertiary/aromatic N) is 2. The zero-order chi connectivity index (χ0) is 12.6. The van der Waals surface area contributed by atoms with Crippen LogP contribution < -0.4 is 10.5 Å². The van der Waals surface area contributed by atoms with Crippen LogP contribution in [0, 0.1) is 0 Å². The van der Waals surface area contributed by atoms with Crippen LogP contribution in [0.5, 0.6) is 11.5 Å². The Morgan fingerprint density at radius 2 is 2.12 bits per heavy atom. The lowest BCUT2D eigenvalue weighted by Crippen LogP contribution is -1.98. The van der Waals surface area contributed by atoms with Crippen LogP contribution in [0.3, 0.4) is 0 Å². The van der Waals surface area contributed by atoms with Gasteiger partial charge in [0.2, 0.25) is 0 Å². The average Bonchev–Trinajstić information content (AvgIpc) is 2.63. The molecular weight excluding hydrogens is 286 g/mol. The molecule has 0 saturated carbocycles. The molecule has 0 unspecified atom stereocenters. The summed E-state index contributed by atoms with van der Waals surface area (Å²) in [5.41, 5.74) is 7.42. The van der Waals surface area contributed by atoms with E-state index < -0.39 is 0 Å². The van der Waals surface area contributed by atoms with Crippen LogP contribution in [0.4, 0.5) is 5.82 Å². The summed E-state index contributed by atoms with van der Waals surface area (Å²) in [6.07, 6.45) is 1.65. The molecule has 0 aliphatic heterocycles. The van der Waals surface area contributed by atoms with E-state index in [1.807, 2.05) is 0 Å². The number of aryl methyl sites for hydroxylation is 1. The molecule has 2 aromatic rings. The lowest BCUT2D eigenvalue weighted by atomic mass is 10.1. The van der Waals surface area contributed by atoms with Gasteiger partial charge < -0.3 is 15.6 Å². The molecule has 6 heteroatoms. The van der Waals surface area contributed by atoms with Gasteiger partial charge >= 0.3 is 0 Å². The van der Waals surface area contributed by atoms with Crippen molar-refractivity contribution in [2.45, 2.75) is 0 Å². The summed E-state index contributed by atoms with van der Waals surface area (Å²) in [6, 6.07) is 3.29. The summed E-state index contributed by atoms with van der Waals surface area (Å²) in [7, 11) is 3.26. The Morgan fingerprint density at radius 3 is 2.65 bits per heavy atom. The summed E-state index contributed by atoms with van der Waals surface area (Å²) in [4.78, 5) is 0. The number of aromatic nitrogens is 2. The van der Waals surface area contributed by atoms with Crippen molar-refractivity contribution in [2.24, 2.45) is 7.05 Å². The number of phenols is 1. The third-order valence-electron chi connectivity index (χ3n) is 2.54. The van der Waals surface area contributed by atoms with Crippen LogP contribution in [0.25, 0.3) is 11.1 Å². The van der Waals surface area contributed by atoms with Gasteiger partial charge in [0.1, 0.15) is 5.82 Å². The number of rotatable bonds is 2. The van der Waals surface area contributed by atoms with Crippen molar-refractivity contribution < 1.29 is 9.84 Å². The highest BCUT2D eigenvalue weighted by Gasteiger charge is 2.14. The maximum atomic E-state index is 9.76. The van der Waals surface area contributed by atoms with Crippen molar-refractivity contribution in [1.29, 1.82) is 0 Å². The predicted octanol–water partition coefficient (Wildman–Crippen LogP) is 2.15. The monoisotopic (exact) mass is 297 g/mol. The van der Waals surface area contributed by atoms with E-state index in [0.29, 0.717) is 11.6 Å². The molecule has 2 rings (SSSR count). The number of phenolic OH excluding ortho intramolecular Hbond substituents is 1. The molecule has 0 bridgehead atoms. The smallest absolute Gasteiger partial charge is 0.161 e. The topological polar surface area (TPSA) is 73.3 Å². The summed E-state index contributed by atoms with van der Waals surface area (Å²) in [5, 5.41) is 13.8. The maximum absolute atomic E-state index is 9.76. The SMILES string of the molecule is COc1cc(Br)c(-c2cnn(C)c2N)cc1O. The van der Waals surface area contributed by atoms with Crippen LogP contribution in [0.1, 0.15) is 0 Å². The normalized spacial score (nSPS) is 10.5. The molecule has 0 spiro atoms. The van der Waals surface area contributed by atoms with Gasteiger partial charge in [0, 0.05) is 22.6 Å². The van der Waals surface area contributed by atoms with E-state index in [-0.39, 0.29) is 5.75 Å². The molecule has 0 atom stereocenters. The third kappa shape index (κ3) is 1.95. The highest BCUT2D eigenvalue weighted by atomic mass is 79.9. The molecule has 90 valence electrons. The summed E-state index contributed by atoms with van der Waals surface area (Å²) in [6.45, 7) is 0. The molecule has 0 fully saturated rings. The first-order chi connectivity index (χ1) is 8.04. The van der Waals surface area contributed by atoms with Crippen molar-refractivity contribution in [3.8, 4) is 22.6 Å². The number of aromatic hydroxyl groups is 1. The second-order valence-electron chi connectivity index (χ2n) is 3.57. The fourth-order valence-electron chi connectivity index (χ4n) is 1.57. The summed E-state index contributed by atoms with van der Waals surface area (Å²) >= 11 is 3.42. The van der Waals surface area contributed by atoms with Crippen LogP contribution in [0.15, 0.2) is 22.8 Å². The van der Waals surface area contributed by atoms with E-state index in [4.69, 9.17) is 10.5 Å². The Kier molecular flexibility index (Phi) is 2.97. The Labute approximate surface area is 107 Å². The Hall–Kier alpha value is -1.69. The van der Waals surface area contributed by atoms with E-state index in [0.717, 1.165) is 15.6 Å². The number of nitrogen functional groups attached to an aromatic ring is 1. The number of benzene rings is 1. The van der Waals surface area contributed by atoms with Gasteiger partial charge in [-0.25, -0.2) is 0 Å². The third-order valence-corrected chi connectivity index (χ3v) is 3.20. The number of nitrogens with two attached hydrogens (primary N) is 1. The van der Waals surface area contributed by atoms with Crippen molar-refractivity contribution in [1.82, 2.24) is 9.78 Å². The molecular formula is C11H12BrN3O2. The summed E-state index contributed by atoms with van der Waals surface area (Å²) < 4.78 is 7.38. The summed E-state index contributed by atoms with van der Waals surface area (Å²) in [5.74, 6) is 1.01. The van der Waals surface area contributed by atoms with E-state index in [2.05, 4.69) is 21.0 Å². The molecule has 0 aliphatic rings. The fraction of sp³-hybridized carbons (Fsp3) is 0.182. The van der Waals surface area contributed by atoms with Crippen LogP contribution in [-0.4, -0.2) is 22.0 Å². The van der Waals surface area contributed by atoms with E-state index >= 15 is 0 Å². The van der Waals surface area contributed by atoms with Gasteiger partial charge in [-0.2, -0.15) is 5.10 Å². The van der Waals surface area contributed by atoms with Crippen molar-refractivity contribution >= 4 is 21.7 Å². The molecule has 5 nitrogen and oxygen atoms in total. The predicted molar refractivity (Wildman–Crippen MR) is 69.0 cm³/mol. The molecule has 1 aromatic heterocycles. The number of anilines is 1. The number of ether oxygens (including phenoxy) is 1. The van der Waals surface area contributed by atoms with Crippen LogP contribution in [-0.2, 0) is 7.05 Å². The van der Waals surface area contributed by atoms with Gasteiger partial charge in [-0.05, 0) is 12.1 Å². The average molecular weight is 298 g/mol. The number of halogens is 1. The zero-order valence-electron chi connectivity index (χ0n) is 9.44. The van der Waals surface area contributed by atoms with E-state index in [1.54, 1.807) is 30.1 Å². The minimum absolute atomic E-state index is 0.0638. The lowest BCUT2D eigenvalue weighted by molar-refractivity contribution is 0.373. The quantitative estimate of drug-likeness (QED) is 0.891. The molecule has 1 aromatic carbocycles. The fourth-order valence-corrected chi connectivity index (χ4v) is 2.10. The van der Waals surface area contributed by atoms with Gasteiger partial charge in [0.25, 0.3) is 0 Å². The van der Waals surface area contributed by atoms with Gasteiger partial charge in [-0.15, -0.1) is 0 Å². The van der Waals surface area contributed by atoms with Crippen molar-refractivity contribution in [3.05, 3.63) is 22.8 Å². The zero-order valence-corrected chi connectivity index (χ0v) is 11.0. The minimum Gasteiger partial charge on any atom is -0.504 e. The number of methoxy groups -OCH3 is 1. The number of hydrogen-bond acceptors (Lipinski definition) is 4. The Balaban J connectivity index is 2.60. The first-order valence-corrected chi connectivity index (χ1v) is 5.68. The minimum atomic E-state index is 0.0638. The van der Waals surface area contributed by atoms with Crippen molar-refractivity contribution in [3.63, 3.8) is 0 Å². The van der Waals surface area contributed by atoms with E-state index in [1.165, 1.54) is 7.11 Å². The molecule has 17 heavy (non-hydrogen) atoms. The lowest BCUT2D eigenvalue weighted by Gasteiger charge is -2.08. The molecule has 3 N–H and O–H groups in total. The number of hydrogen-bond donors (Lipinski definition) is 2. The largest absolute Gasteiger partial charge is 0.504 e. The highest BCUT2D eigenvalue weighted by molar-refractivity contribution is 9.10. The second kappa shape index (κ2) is 4.29. The van der Waals surface area contributed by atoms with E-state index in [9.17, 15) is 5.11 Å². The van der Waals surface area contributed by atoms with Crippen LogP contribution >= 0.6 is 15.9 Å². The highest BCUT2D eigenvalue weighted by Crippen LogP contribution is 2.39. The molecule has 0 amide bonds. The van der Waals surface area contributed by atoms with Crippen LogP contribution in [0.2, 0.25) is 0 Å². The molecule has 0 saturated heterocycles. The first kappa shape index (κ1) is 11.8. The van der Waals surface area contributed by atoms with Gasteiger partial charge in [-0.3, -0.25) is 4.68 Å².